The van der Waals surface area contributed by atoms with Gasteiger partial charge >= 0.3 is 5.97 Å². The molecule has 0 radical (unpaired) electrons. The fourth-order valence-electron chi connectivity index (χ4n) is 1.95. The number of ether oxygens (including phenoxy) is 1. The summed E-state index contributed by atoms with van der Waals surface area (Å²) in [4.78, 5) is 14.8. The molecule has 0 bridgehead atoms. The molecule has 0 unspecified atom stereocenters. The first-order chi connectivity index (χ1) is 8.63. The third kappa shape index (κ3) is 3.58. The van der Waals surface area contributed by atoms with E-state index in [0.717, 1.165) is 20.9 Å². The minimum absolute atomic E-state index is 0. The van der Waals surface area contributed by atoms with Gasteiger partial charge in [-0.25, -0.2) is 4.79 Å². The second-order valence-electron chi connectivity index (χ2n) is 4.13. The van der Waals surface area contributed by atoms with Gasteiger partial charge in [0.25, 0.3) is 0 Å². The number of halogens is 2. The highest BCUT2D eigenvalue weighted by Crippen LogP contribution is 2.26. The first-order valence-electron chi connectivity index (χ1n) is 5.87. The predicted molar refractivity (Wildman–Crippen MR) is 73.0 cm³/mol. The molecule has 2 rings (SSSR count). The Hall–Kier alpha value is -0.850. The lowest BCUT2D eigenvalue weighted by atomic mass is 10.1. The largest absolute Gasteiger partial charge is 1.00 e. The van der Waals surface area contributed by atoms with Crippen molar-refractivity contribution in [2.75, 3.05) is 6.61 Å². The maximum atomic E-state index is 11.6. The van der Waals surface area contributed by atoms with Crippen LogP contribution in [0.25, 0.3) is 10.9 Å². The van der Waals surface area contributed by atoms with E-state index in [1.54, 1.807) is 6.92 Å². The maximum absolute atomic E-state index is 11.6. The quantitative estimate of drug-likeness (QED) is 0.633. The average Bonchev–Trinajstić information content (AvgIpc) is 2.74. The number of aromatic nitrogens is 1. The third-order valence-corrected chi connectivity index (χ3v) is 3.50. The van der Waals surface area contributed by atoms with Crippen LogP contribution in [0.15, 0.2) is 28.9 Å². The zero-order chi connectivity index (χ0) is 13.1. The lowest BCUT2D eigenvalue weighted by Gasteiger charge is -2.06. The van der Waals surface area contributed by atoms with Crippen molar-refractivity contribution >= 4 is 32.8 Å². The molecule has 0 fully saturated rings. The third-order valence-electron chi connectivity index (χ3n) is 2.84. The van der Waals surface area contributed by atoms with E-state index in [1.165, 1.54) is 0 Å². The van der Waals surface area contributed by atoms with Crippen LogP contribution >= 0.6 is 15.9 Å². The Kier molecular flexibility index (Phi) is 6.03. The monoisotopic (exact) mass is 390 g/mol. The molecule has 4 nitrogen and oxygen atoms in total. The Morgan fingerprint density at radius 1 is 1.53 bits per heavy atom. The zero-order valence-electron chi connectivity index (χ0n) is 10.6. The molecule has 0 saturated heterocycles. The number of rotatable bonds is 4. The number of aromatic amines is 1. The lowest BCUT2D eigenvalue weighted by molar-refractivity contribution is -0.407. The molecule has 6 heteroatoms. The summed E-state index contributed by atoms with van der Waals surface area (Å²) in [6.07, 6.45) is 2.50. The van der Waals surface area contributed by atoms with Crippen molar-refractivity contribution < 1.29 is 32.2 Å². The molecule has 1 atom stereocenters. The van der Waals surface area contributed by atoms with Gasteiger partial charge in [0, 0.05) is 22.5 Å². The van der Waals surface area contributed by atoms with Gasteiger partial charge in [0.1, 0.15) is 0 Å². The summed E-state index contributed by atoms with van der Waals surface area (Å²) in [5, 5.41) is 1.11. The average molecular weight is 392 g/mol. The van der Waals surface area contributed by atoms with E-state index in [9.17, 15) is 4.79 Å². The number of H-pyrrole nitrogens is 1. The Morgan fingerprint density at radius 2 is 2.26 bits per heavy atom. The summed E-state index contributed by atoms with van der Waals surface area (Å²) in [5.74, 6) is -0.248. The summed E-state index contributed by atoms with van der Waals surface area (Å²) in [7, 11) is 0. The van der Waals surface area contributed by atoms with Crippen LogP contribution in [-0.4, -0.2) is 23.6 Å². The first-order valence-corrected chi connectivity index (χ1v) is 6.67. The smallest absolute Gasteiger partial charge is 0.365 e. The normalized spacial score (nSPS) is 11.9. The number of quaternary nitrogens is 1. The molecule has 0 aliphatic carbocycles. The molecule has 0 saturated carbocycles. The Bertz CT molecular complexity index is 569. The van der Waals surface area contributed by atoms with E-state index < -0.39 is 0 Å². The first kappa shape index (κ1) is 16.2. The van der Waals surface area contributed by atoms with Crippen molar-refractivity contribution in [2.24, 2.45) is 0 Å². The summed E-state index contributed by atoms with van der Waals surface area (Å²) in [5.41, 5.74) is 5.99. The van der Waals surface area contributed by atoms with Crippen LogP contribution in [0.2, 0.25) is 0 Å². The molecule has 1 aromatic heterocycles. The van der Waals surface area contributed by atoms with E-state index in [0.29, 0.717) is 13.0 Å². The fraction of sp³-hybridized carbons (Fsp3) is 0.308. The topological polar surface area (TPSA) is 69.7 Å². The zero-order valence-corrected chi connectivity index (χ0v) is 13.8. The van der Waals surface area contributed by atoms with Crippen molar-refractivity contribution in [1.82, 2.24) is 4.98 Å². The molecule has 19 heavy (non-hydrogen) atoms. The SMILES string of the molecule is CCOC(=O)[C@@H]([NH3+])Cc1c[nH]c2c(Br)cccc12.[Br-]. The highest BCUT2D eigenvalue weighted by Gasteiger charge is 2.20. The fourth-order valence-corrected chi connectivity index (χ4v) is 2.43. The number of hydrogen-bond acceptors (Lipinski definition) is 2. The van der Waals surface area contributed by atoms with Gasteiger partial charge in [0.15, 0.2) is 6.04 Å². The minimum Gasteiger partial charge on any atom is -1.00 e. The van der Waals surface area contributed by atoms with Crippen molar-refractivity contribution in [2.45, 2.75) is 19.4 Å². The van der Waals surface area contributed by atoms with Crippen LogP contribution in [0.5, 0.6) is 0 Å². The molecule has 1 heterocycles. The number of hydrogen-bond donors (Lipinski definition) is 2. The molecule has 2 aromatic rings. The number of benzene rings is 1. The number of carbonyl (C=O) groups is 1. The molecular weight excluding hydrogens is 376 g/mol. The number of nitrogens with one attached hydrogen (secondary N) is 1. The van der Waals surface area contributed by atoms with Crippen molar-refractivity contribution in [1.29, 1.82) is 0 Å². The van der Waals surface area contributed by atoms with Gasteiger partial charge in [-0.2, -0.15) is 0 Å². The van der Waals surface area contributed by atoms with Gasteiger partial charge in [0.05, 0.1) is 12.1 Å². The summed E-state index contributed by atoms with van der Waals surface area (Å²) >= 11 is 3.49. The molecule has 0 spiro atoms. The van der Waals surface area contributed by atoms with Gasteiger partial charge < -0.3 is 32.4 Å². The van der Waals surface area contributed by atoms with Crippen molar-refractivity contribution in [3.05, 3.63) is 34.4 Å². The van der Waals surface area contributed by atoms with Crippen LogP contribution in [0, 0.1) is 0 Å². The van der Waals surface area contributed by atoms with Crippen molar-refractivity contribution in [3.8, 4) is 0 Å². The number of para-hydroxylation sites is 1. The second kappa shape index (κ2) is 7.07. The second-order valence-corrected chi connectivity index (χ2v) is 4.98. The molecule has 0 aliphatic heterocycles. The van der Waals surface area contributed by atoms with Crippen LogP contribution in [0.1, 0.15) is 12.5 Å². The van der Waals surface area contributed by atoms with E-state index in [2.05, 4.69) is 26.6 Å². The lowest BCUT2D eigenvalue weighted by Crippen LogP contribution is -3.00. The van der Waals surface area contributed by atoms with E-state index in [4.69, 9.17) is 4.74 Å². The summed E-state index contributed by atoms with van der Waals surface area (Å²) < 4.78 is 5.98. The van der Waals surface area contributed by atoms with Crippen molar-refractivity contribution in [3.63, 3.8) is 0 Å². The Labute approximate surface area is 130 Å². The summed E-state index contributed by atoms with van der Waals surface area (Å²) in [6, 6.07) is 5.62. The minimum atomic E-state index is -0.372. The van der Waals surface area contributed by atoms with Crippen LogP contribution in [0.3, 0.4) is 0 Å². The van der Waals surface area contributed by atoms with Crippen LogP contribution in [0.4, 0.5) is 0 Å². The van der Waals surface area contributed by atoms with Gasteiger partial charge in [-0.3, -0.25) is 0 Å². The predicted octanol–water partition coefficient (Wildman–Crippen LogP) is -1.35. The van der Waals surface area contributed by atoms with Gasteiger partial charge in [-0.05, 0) is 34.5 Å². The molecular formula is C13H16Br2N2O2. The number of esters is 1. The van der Waals surface area contributed by atoms with Gasteiger partial charge in [-0.1, -0.05) is 12.1 Å². The molecule has 4 N–H and O–H groups in total. The van der Waals surface area contributed by atoms with E-state index in [1.807, 2.05) is 24.4 Å². The molecule has 104 valence electrons. The van der Waals surface area contributed by atoms with Gasteiger partial charge in [-0.15, -0.1) is 0 Å². The van der Waals surface area contributed by atoms with E-state index in [-0.39, 0.29) is 29.0 Å². The summed E-state index contributed by atoms with van der Waals surface area (Å²) in [6.45, 7) is 2.19. The maximum Gasteiger partial charge on any atom is 0.365 e. The standard InChI is InChI=1S/C13H15BrN2O2.BrH/c1-2-18-13(17)11(15)6-8-7-16-12-9(8)4-3-5-10(12)14;/h3-5,7,11,16H,2,6,15H2,1H3;1H/t11-;/m0./s1. The number of carbonyl (C=O) groups excluding carboxylic acids is 1. The molecule has 0 amide bonds. The highest BCUT2D eigenvalue weighted by molar-refractivity contribution is 9.10. The van der Waals surface area contributed by atoms with Crippen LogP contribution in [-0.2, 0) is 16.0 Å². The molecule has 1 aromatic carbocycles. The van der Waals surface area contributed by atoms with Crippen LogP contribution < -0.4 is 22.7 Å². The Morgan fingerprint density at radius 3 is 2.95 bits per heavy atom. The molecule has 0 aliphatic rings. The van der Waals surface area contributed by atoms with E-state index >= 15 is 0 Å². The van der Waals surface area contributed by atoms with Gasteiger partial charge in [0.2, 0.25) is 0 Å². The Balaban J connectivity index is 0.00000180. The number of fused-ring (bicyclic) bond motifs is 1. The highest BCUT2D eigenvalue weighted by atomic mass is 79.9.